The van der Waals surface area contributed by atoms with Gasteiger partial charge in [0.2, 0.25) is 18.6 Å². The van der Waals surface area contributed by atoms with E-state index < -0.39 is 5.25 Å². The number of aryl methyl sites for hydroxylation is 1. The molecule has 2 aliphatic rings. The van der Waals surface area contributed by atoms with Crippen LogP contribution in [0.3, 0.4) is 0 Å². The third-order valence-corrected chi connectivity index (χ3v) is 5.11. The van der Waals surface area contributed by atoms with Gasteiger partial charge in [-0.2, -0.15) is 5.10 Å². The van der Waals surface area contributed by atoms with E-state index in [-0.39, 0.29) is 30.2 Å². The van der Waals surface area contributed by atoms with Crippen molar-refractivity contribution < 1.29 is 19.1 Å². The van der Waals surface area contributed by atoms with Crippen molar-refractivity contribution in [3.05, 3.63) is 23.8 Å². The molecule has 138 valence electrons. The number of ether oxygens (including phenoxy) is 2. The summed E-state index contributed by atoms with van der Waals surface area (Å²) in [5.41, 5.74) is 7.75. The monoisotopic (exact) mass is 376 g/mol. The molecule has 0 bridgehead atoms. The normalized spacial score (nSPS) is 20.2. The number of amides is 2. The Morgan fingerprint density at radius 2 is 2.08 bits per heavy atom. The van der Waals surface area contributed by atoms with E-state index in [2.05, 4.69) is 10.2 Å². The average Bonchev–Trinajstić information content (AvgIpc) is 3.18. The van der Waals surface area contributed by atoms with Gasteiger partial charge in [0.05, 0.1) is 0 Å². The lowest BCUT2D eigenvalue weighted by atomic mass is 10.1. The number of nitrogens with two attached hydrogens (primary N) is 1. The van der Waals surface area contributed by atoms with E-state index in [9.17, 15) is 9.59 Å². The van der Waals surface area contributed by atoms with Crippen LogP contribution in [0.2, 0.25) is 0 Å². The number of carbonyl (C=O) groups excluding carboxylic acids is 2. The first kappa shape index (κ1) is 18.2. The molecule has 2 heterocycles. The van der Waals surface area contributed by atoms with Crippen LogP contribution >= 0.6 is 11.8 Å². The molecule has 0 radical (unpaired) electrons. The molecule has 0 unspecified atom stereocenters. The molecule has 26 heavy (non-hydrogen) atoms. The molecule has 2 N–H and O–H groups in total. The predicted molar refractivity (Wildman–Crippen MR) is 99.4 cm³/mol. The van der Waals surface area contributed by atoms with Crippen LogP contribution in [0.15, 0.2) is 28.4 Å². The zero-order chi connectivity index (χ0) is 18.7. The van der Waals surface area contributed by atoms with E-state index >= 15 is 0 Å². The van der Waals surface area contributed by atoms with Gasteiger partial charge >= 0.3 is 0 Å². The molecule has 1 aromatic rings. The number of hydrogen-bond acceptors (Lipinski definition) is 7. The summed E-state index contributed by atoms with van der Waals surface area (Å²) in [4.78, 5) is 24.5. The lowest BCUT2D eigenvalue weighted by Gasteiger charge is -2.07. The van der Waals surface area contributed by atoms with Crippen LogP contribution in [-0.2, 0) is 16.0 Å². The minimum absolute atomic E-state index is 0.142. The molecule has 2 aliphatic heterocycles. The van der Waals surface area contributed by atoms with Crippen molar-refractivity contribution in [2.45, 2.75) is 31.4 Å². The van der Waals surface area contributed by atoms with Crippen molar-refractivity contribution in [1.82, 2.24) is 4.90 Å². The lowest BCUT2D eigenvalue weighted by molar-refractivity contribution is -0.136. The number of carbonyl (C=O) groups is 2. The van der Waals surface area contributed by atoms with Gasteiger partial charge in [0.25, 0.3) is 0 Å². The van der Waals surface area contributed by atoms with Crippen LogP contribution in [0.25, 0.3) is 0 Å². The summed E-state index contributed by atoms with van der Waals surface area (Å²) < 4.78 is 10.7. The van der Waals surface area contributed by atoms with Gasteiger partial charge in [-0.1, -0.05) is 17.8 Å². The van der Waals surface area contributed by atoms with Crippen LogP contribution in [-0.4, -0.2) is 46.7 Å². The Labute approximate surface area is 155 Å². The number of thioether (sulfide) groups is 1. The molecule has 0 aromatic heterocycles. The van der Waals surface area contributed by atoms with Gasteiger partial charge < -0.3 is 15.2 Å². The molecule has 2 amide bonds. The number of imide groups is 1. The molecule has 0 aliphatic carbocycles. The van der Waals surface area contributed by atoms with E-state index in [1.54, 1.807) is 0 Å². The molecule has 0 saturated carbocycles. The van der Waals surface area contributed by atoms with Crippen molar-refractivity contribution in [3.8, 4) is 11.5 Å². The summed E-state index contributed by atoms with van der Waals surface area (Å²) >= 11 is 1.07. The van der Waals surface area contributed by atoms with E-state index in [1.807, 2.05) is 25.1 Å². The number of amidine groups is 1. The maximum absolute atomic E-state index is 11.8. The van der Waals surface area contributed by atoms with Gasteiger partial charge in [-0.3, -0.25) is 14.5 Å². The Bertz CT molecular complexity index is 793. The third-order valence-electron chi connectivity index (χ3n) is 4.13. The largest absolute Gasteiger partial charge is 0.454 e. The molecule has 1 atom stereocenters. The van der Waals surface area contributed by atoms with Crippen LogP contribution in [0, 0.1) is 0 Å². The minimum Gasteiger partial charge on any atom is -0.454 e. The molecule has 8 nitrogen and oxygen atoms in total. The van der Waals surface area contributed by atoms with Gasteiger partial charge in [-0.05, 0) is 37.5 Å². The Kier molecular flexibility index (Phi) is 5.46. The highest BCUT2D eigenvalue weighted by molar-refractivity contribution is 8.14. The summed E-state index contributed by atoms with van der Waals surface area (Å²) in [6.07, 6.45) is 1.64. The summed E-state index contributed by atoms with van der Waals surface area (Å²) in [6, 6.07) is 5.85. The Morgan fingerprint density at radius 1 is 1.31 bits per heavy atom. The van der Waals surface area contributed by atoms with Gasteiger partial charge in [-0.15, -0.1) is 5.10 Å². The first-order valence-electron chi connectivity index (χ1n) is 8.16. The quantitative estimate of drug-likeness (QED) is 0.361. The fourth-order valence-corrected chi connectivity index (χ4v) is 3.45. The SMILES string of the molecule is C/C(CCc1ccc2c(c1)OCO2)=N/N=C(/N)S[C@@H]1CC(=O)N(C)C1=O. The second-order valence-electron chi connectivity index (χ2n) is 6.06. The highest BCUT2D eigenvalue weighted by Gasteiger charge is 2.37. The number of rotatable bonds is 5. The Hall–Kier alpha value is -2.55. The molecule has 1 fully saturated rings. The lowest BCUT2D eigenvalue weighted by Crippen LogP contribution is -2.27. The highest BCUT2D eigenvalue weighted by Crippen LogP contribution is 2.32. The topological polar surface area (TPSA) is 107 Å². The second-order valence-corrected chi connectivity index (χ2v) is 7.29. The smallest absolute Gasteiger partial charge is 0.243 e. The van der Waals surface area contributed by atoms with Crippen LogP contribution in [0.1, 0.15) is 25.3 Å². The van der Waals surface area contributed by atoms with E-state index in [0.717, 1.165) is 45.9 Å². The second kappa shape index (κ2) is 7.77. The molecule has 1 saturated heterocycles. The highest BCUT2D eigenvalue weighted by atomic mass is 32.2. The maximum Gasteiger partial charge on any atom is 0.243 e. The molecular formula is C17H20N4O4S. The molecule has 0 spiro atoms. The molecular weight excluding hydrogens is 356 g/mol. The van der Waals surface area contributed by atoms with Crippen LogP contribution < -0.4 is 15.2 Å². The average molecular weight is 376 g/mol. The first-order valence-corrected chi connectivity index (χ1v) is 9.04. The van der Waals surface area contributed by atoms with Crippen molar-refractivity contribution in [2.75, 3.05) is 13.8 Å². The minimum atomic E-state index is -0.514. The fraction of sp³-hybridized carbons (Fsp3) is 0.412. The van der Waals surface area contributed by atoms with Gasteiger partial charge in [0.1, 0.15) is 5.25 Å². The molecule has 3 rings (SSSR count). The van der Waals surface area contributed by atoms with E-state index in [0.29, 0.717) is 6.42 Å². The van der Waals surface area contributed by atoms with Crippen LogP contribution in [0.4, 0.5) is 0 Å². The van der Waals surface area contributed by atoms with Gasteiger partial charge in [-0.25, -0.2) is 0 Å². The summed E-state index contributed by atoms with van der Waals surface area (Å²) in [7, 11) is 1.47. The zero-order valence-electron chi connectivity index (χ0n) is 14.6. The number of benzene rings is 1. The summed E-state index contributed by atoms with van der Waals surface area (Å²) in [5.74, 6) is 1.07. The summed E-state index contributed by atoms with van der Waals surface area (Å²) in [5, 5.41) is 7.73. The van der Waals surface area contributed by atoms with Gasteiger partial charge in [0, 0.05) is 19.2 Å². The molecule has 1 aromatic carbocycles. The number of fused-ring (bicyclic) bond motifs is 1. The Balaban J connectivity index is 1.52. The van der Waals surface area contributed by atoms with Crippen molar-refractivity contribution in [3.63, 3.8) is 0 Å². The Morgan fingerprint density at radius 3 is 2.81 bits per heavy atom. The zero-order valence-corrected chi connectivity index (χ0v) is 15.4. The standard InChI is InChI=1S/C17H20N4O4S/c1-10(3-4-11-5-6-12-13(7-11)25-9-24-12)19-20-17(18)26-14-8-15(22)21(2)16(14)23/h5-7,14H,3-4,8-9H2,1-2H3,(H2,18,20)/b19-10-/t14-/m1/s1. The number of nitrogens with zero attached hydrogens (tertiary/aromatic N) is 3. The van der Waals surface area contributed by atoms with Crippen molar-refractivity contribution in [2.24, 2.45) is 15.9 Å². The maximum atomic E-state index is 11.8. The summed E-state index contributed by atoms with van der Waals surface area (Å²) in [6.45, 7) is 2.13. The molecule has 9 heteroatoms. The number of likely N-dealkylation sites (tertiary alicyclic amines) is 1. The predicted octanol–water partition coefficient (Wildman–Crippen LogP) is 1.53. The van der Waals surface area contributed by atoms with Crippen LogP contribution in [0.5, 0.6) is 11.5 Å². The first-order chi connectivity index (χ1) is 12.4. The van der Waals surface area contributed by atoms with Crippen molar-refractivity contribution in [1.29, 1.82) is 0 Å². The number of hydrogen-bond donors (Lipinski definition) is 1. The van der Waals surface area contributed by atoms with E-state index in [4.69, 9.17) is 15.2 Å². The third kappa shape index (κ3) is 4.16. The fourth-order valence-electron chi connectivity index (χ4n) is 2.59. The van der Waals surface area contributed by atoms with E-state index in [1.165, 1.54) is 7.05 Å². The van der Waals surface area contributed by atoms with Gasteiger partial charge in [0.15, 0.2) is 16.7 Å². The van der Waals surface area contributed by atoms with Crippen molar-refractivity contribution >= 4 is 34.5 Å².